The Bertz CT molecular complexity index is 1060. The molecule has 0 bridgehead atoms. The Kier molecular flexibility index (Phi) is 6.56. The summed E-state index contributed by atoms with van der Waals surface area (Å²) in [6.45, 7) is -0.566. The summed E-state index contributed by atoms with van der Waals surface area (Å²) in [5.74, 6) is -0.280. The van der Waals surface area contributed by atoms with E-state index in [9.17, 15) is 21.6 Å². The molecule has 10 heteroatoms. The predicted octanol–water partition coefficient (Wildman–Crippen LogP) is 1.39. The van der Waals surface area contributed by atoms with Gasteiger partial charge in [0, 0.05) is 11.4 Å². The molecule has 1 amide bonds. The second-order valence-electron chi connectivity index (χ2n) is 6.77. The highest BCUT2D eigenvalue weighted by Crippen LogP contribution is 2.15. The molecule has 1 aromatic heterocycles. The molecule has 0 saturated carbocycles. The molecule has 2 aromatic rings. The van der Waals surface area contributed by atoms with Crippen molar-refractivity contribution < 1.29 is 26.0 Å². The number of hydrogen-bond acceptors (Lipinski definition) is 6. The van der Waals surface area contributed by atoms with Gasteiger partial charge in [0.05, 0.1) is 30.9 Å². The summed E-state index contributed by atoms with van der Waals surface area (Å²) in [4.78, 5) is 12.4. The van der Waals surface area contributed by atoms with Crippen molar-refractivity contribution in [3.63, 3.8) is 0 Å². The maximum atomic E-state index is 12.8. The van der Waals surface area contributed by atoms with Crippen molar-refractivity contribution >= 4 is 31.8 Å². The van der Waals surface area contributed by atoms with Crippen LogP contribution < -0.4 is 5.32 Å². The van der Waals surface area contributed by atoms with Gasteiger partial charge >= 0.3 is 0 Å². The van der Waals surface area contributed by atoms with Crippen molar-refractivity contribution in [3.8, 4) is 0 Å². The number of benzene rings is 1. The summed E-state index contributed by atoms with van der Waals surface area (Å²) in [6.07, 6.45) is 3.20. The minimum atomic E-state index is -3.93. The number of carbonyl (C=O) groups excluding carboxylic acids is 1. The smallest absolute Gasteiger partial charge is 0.237 e. The minimum absolute atomic E-state index is 0.0200. The second-order valence-corrected chi connectivity index (χ2v) is 10.8. The average Bonchev–Trinajstić information content (AvgIpc) is 3.29. The van der Waals surface area contributed by atoms with Gasteiger partial charge < -0.3 is 9.73 Å². The highest BCUT2D eigenvalue weighted by Gasteiger charge is 2.30. The first-order valence-electron chi connectivity index (χ1n) is 8.99. The van der Waals surface area contributed by atoms with Crippen molar-refractivity contribution in [2.45, 2.75) is 19.0 Å². The molecule has 1 unspecified atom stereocenters. The van der Waals surface area contributed by atoms with Gasteiger partial charge in [-0.15, -0.1) is 0 Å². The van der Waals surface area contributed by atoms with E-state index in [1.165, 1.54) is 12.3 Å². The highest BCUT2D eigenvalue weighted by molar-refractivity contribution is 7.92. The maximum Gasteiger partial charge on any atom is 0.237 e. The Morgan fingerprint density at radius 3 is 2.59 bits per heavy atom. The number of nitrogens with zero attached hydrogens (tertiary/aromatic N) is 1. The molecule has 2 heterocycles. The number of sulfonamides is 1. The van der Waals surface area contributed by atoms with Crippen LogP contribution in [0.2, 0.25) is 0 Å². The number of hydrogen-bond donors (Lipinski definition) is 1. The van der Waals surface area contributed by atoms with Crippen LogP contribution in [0.25, 0.3) is 6.08 Å². The van der Waals surface area contributed by atoms with Crippen molar-refractivity contribution in [1.29, 1.82) is 0 Å². The number of amides is 1. The van der Waals surface area contributed by atoms with Crippen LogP contribution in [0.1, 0.15) is 17.7 Å². The van der Waals surface area contributed by atoms with Crippen LogP contribution in [0.3, 0.4) is 0 Å². The molecule has 1 saturated heterocycles. The van der Waals surface area contributed by atoms with Gasteiger partial charge in [-0.3, -0.25) is 4.79 Å². The molecule has 0 radical (unpaired) electrons. The molecule has 3 rings (SSSR count). The lowest BCUT2D eigenvalue weighted by molar-refractivity contribution is -0.121. The monoisotopic (exact) mass is 438 g/mol. The van der Waals surface area contributed by atoms with Crippen LogP contribution in [0, 0.1) is 0 Å². The normalized spacial score (nSPS) is 19.0. The van der Waals surface area contributed by atoms with Gasteiger partial charge in [0.15, 0.2) is 9.84 Å². The summed E-state index contributed by atoms with van der Waals surface area (Å²) in [5, 5.41) is 3.65. The van der Waals surface area contributed by atoms with Gasteiger partial charge in [-0.25, -0.2) is 16.8 Å². The molecule has 1 aromatic carbocycles. The first-order valence-corrected chi connectivity index (χ1v) is 12.3. The molecule has 8 nitrogen and oxygen atoms in total. The van der Waals surface area contributed by atoms with Crippen molar-refractivity contribution in [1.82, 2.24) is 9.62 Å². The number of sulfone groups is 1. The lowest BCUT2D eigenvalue weighted by Crippen LogP contribution is -2.43. The first kappa shape index (κ1) is 21.3. The lowest BCUT2D eigenvalue weighted by atomic mass is 10.2. The Labute approximate surface area is 170 Å². The fraction of sp³-hybridized carbons (Fsp3) is 0.316. The van der Waals surface area contributed by atoms with E-state index >= 15 is 0 Å². The van der Waals surface area contributed by atoms with Gasteiger partial charge in [0.1, 0.15) is 5.76 Å². The van der Waals surface area contributed by atoms with Crippen molar-refractivity contribution in [2.24, 2.45) is 0 Å². The molecule has 1 aliphatic heterocycles. The molecule has 1 aliphatic rings. The van der Waals surface area contributed by atoms with Gasteiger partial charge in [-0.2, -0.15) is 4.31 Å². The number of carbonyl (C=O) groups is 1. The first-order chi connectivity index (χ1) is 13.7. The minimum Gasteiger partial charge on any atom is -0.468 e. The fourth-order valence-corrected chi connectivity index (χ4v) is 5.75. The SMILES string of the molecule is O=C(CN(Cc1ccco1)S(=O)(=O)/C=C/c1ccccc1)NC1CCS(=O)(=O)C1. The van der Waals surface area contributed by atoms with Gasteiger partial charge in [-0.1, -0.05) is 30.3 Å². The van der Waals surface area contributed by atoms with Crippen LogP contribution in [-0.2, 0) is 31.2 Å². The van der Waals surface area contributed by atoms with Gasteiger partial charge in [-0.05, 0) is 30.2 Å². The average molecular weight is 439 g/mol. The van der Waals surface area contributed by atoms with E-state index in [-0.39, 0.29) is 18.1 Å². The molecule has 0 aliphatic carbocycles. The van der Waals surface area contributed by atoms with Crippen LogP contribution in [0.4, 0.5) is 0 Å². The van der Waals surface area contributed by atoms with E-state index in [4.69, 9.17) is 4.42 Å². The summed E-state index contributed by atoms with van der Waals surface area (Å²) in [7, 11) is -7.09. The van der Waals surface area contributed by atoms with Crippen molar-refractivity contribution in [2.75, 3.05) is 18.1 Å². The largest absolute Gasteiger partial charge is 0.468 e. The zero-order chi connectivity index (χ0) is 20.9. The summed E-state index contributed by atoms with van der Waals surface area (Å²) in [5.41, 5.74) is 0.703. The molecule has 1 N–H and O–H groups in total. The highest BCUT2D eigenvalue weighted by atomic mass is 32.2. The zero-order valence-corrected chi connectivity index (χ0v) is 17.2. The lowest BCUT2D eigenvalue weighted by Gasteiger charge is -2.20. The van der Waals surface area contributed by atoms with E-state index < -0.39 is 38.4 Å². The third-order valence-corrected chi connectivity index (χ3v) is 7.65. The topological polar surface area (TPSA) is 114 Å². The van der Waals surface area contributed by atoms with E-state index in [0.717, 1.165) is 9.71 Å². The molecular weight excluding hydrogens is 416 g/mol. The predicted molar refractivity (Wildman–Crippen MR) is 109 cm³/mol. The number of furan rings is 1. The van der Waals surface area contributed by atoms with Gasteiger partial charge in [0.2, 0.25) is 15.9 Å². The summed E-state index contributed by atoms with van der Waals surface area (Å²) < 4.78 is 55.0. The standard InChI is InChI=1S/C19H22N2O6S2/c22-19(20-17-9-11-28(23,24)15-17)14-21(13-18-7-4-10-27-18)29(25,26)12-8-16-5-2-1-3-6-16/h1-8,10,12,17H,9,11,13-15H2,(H,20,22)/b12-8+. The third-order valence-electron chi connectivity index (χ3n) is 4.42. The van der Waals surface area contributed by atoms with E-state index in [0.29, 0.717) is 17.7 Å². The zero-order valence-electron chi connectivity index (χ0n) is 15.6. The molecule has 1 fully saturated rings. The quantitative estimate of drug-likeness (QED) is 0.666. The molecular formula is C19H22N2O6S2. The van der Waals surface area contributed by atoms with Crippen LogP contribution in [-0.4, -0.2) is 51.1 Å². The number of rotatable bonds is 8. The molecule has 156 valence electrons. The Morgan fingerprint density at radius 1 is 1.21 bits per heavy atom. The third kappa shape index (κ3) is 6.28. The molecule has 29 heavy (non-hydrogen) atoms. The molecule has 0 spiro atoms. The van der Waals surface area contributed by atoms with E-state index in [2.05, 4.69) is 5.32 Å². The van der Waals surface area contributed by atoms with Crippen LogP contribution >= 0.6 is 0 Å². The van der Waals surface area contributed by atoms with E-state index in [1.54, 1.807) is 36.4 Å². The van der Waals surface area contributed by atoms with Crippen molar-refractivity contribution in [3.05, 3.63) is 65.5 Å². The molecule has 1 atom stereocenters. The Morgan fingerprint density at radius 2 is 1.97 bits per heavy atom. The Hall–Kier alpha value is -2.43. The summed E-state index contributed by atoms with van der Waals surface area (Å²) >= 11 is 0. The maximum absolute atomic E-state index is 12.8. The van der Waals surface area contributed by atoms with Crippen LogP contribution in [0.5, 0.6) is 0 Å². The second kappa shape index (κ2) is 8.93. The Balaban J connectivity index is 1.73. The van der Waals surface area contributed by atoms with Crippen LogP contribution in [0.15, 0.2) is 58.6 Å². The van der Waals surface area contributed by atoms with E-state index in [1.807, 2.05) is 6.07 Å². The fourth-order valence-electron chi connectivity index (χ4n) is 2.97. The summed E-state index contributed by atoms with van der Waals surface area (Å²) in [6, 6.07) is 11.7. The van der Waals surface area contributed by atoms with Gasteiger partial charge in [0.25, 0.3) is 0 Å². The number of nitrogens with one attached hydrogen (secondary N) is 1.